The van der Waals surface area contributed by atoms with E-state index in [2.05, 4.69) is 15.3 Å². The Bertz CT molecular complexity index is 710. The van der Waals surface area contributed by atoms with E-state index in [-0.39, 0.29) is 5.95 Å². The molecule has 7 heteroatoms. The average Bonchev–Trinajstić information content (AvgIpc) is 2.82. The maximum absolute atomic E-state index is 12.3. The molecule has 0 saturated carbocycles. The normalized spacial score (nSPS) is 11.8. The molecule has 0 bridgehead atoms. The Balaban J connectivity index is 2.03. The van der Waals surface area contributed by atoms with Crippen LogP contribution in [0.5, 0.6) is 0 Å². The van der Waals surface area contributed by atoms with Gasteiger partial charge in [0.05, 0.1) is 5.56 Å². The minimum atomic E-state index is -0.948. The number of hydrogen-bond donors (Lipinski definition) is 1. The van der Waals surface area contributed by atoms with E-state index in [1.807, 2.05) is 25.3 Å². The number of hydrogen-bond acceptors (Lipinski definition) is 5. The van der Waals surface area contributed by atoms with Crippen LogP contribution in [0.25, 0.3) is 0 Å². The number of carbonyl (C=O) groups excluding carboxylic acids is 2. The summed E-state index contributed by atoms with van der Waals surface area (Å²) in [6.07, 6.45) is 2.08. The van der Waals surface area contributed by atoms with Crippen LogP contribution in [-0.2, 0) is 16.1 Å². The van der Waals surface area contributed by atoms with E-state index in [1.165, 1.54) is 19.3 Å². The standard InChI is InChI=1S/C16H20N4O3/c1-5-20-10(2)9-13(11(20)3)15(22)23-12(4)14(21)19-16-17-7-6-8-18-16/h6-9,12H,5H2,1-4H3,(H,17,18,19,21). The molecule has 0 fully saturated rings. The van der Waals surface area contributed by atoms with Crippen LogP contribution in [0.2, 0.25) is 0 Å². The molecule has 0 aliphatic rings. The third kappa shape index (κ3) is 3.74. The molecule has 0 aromatic carbocycles. The number of esters is 1. The first-order valence-electron chi connectivity index (χ1n) is 7.39. The van der Waals surface area contributed by atoms with Crippen LogP contribution in [0.4, 0.5) is 5.95 Å². The van der Waals surface area contributed by atoms with Crippen LogP contribution in [-0.4, -0.2) is 32.5 Å². The number of aryl methyl sites for hydroxylation is 1. The number of ether oxygens (including phenoxy) is 1. The molecule has 0 aliphatic carbocycles. The lowest BCUT2D eigenvalue weighted by atomic mass is 10.2. The lowest BCUT2D eigenvalue weighted by Crippen LogP contribution is -2.30. The smallest absolute Gasteiger partial charge is 0.340 e. The highest BCUT2D eigenvalue weighted by atomic mass is 16.5. The molecule has 1 amide bonds. The Hall–Kier alpha value is -2.70. The highest BCUT2D eigenvalue weighted by Crippen LogP contribution is 2.17. The Labute approximate surface area is 134 Å². The van der Waals surface area contributed by atoms with Crippen molar-refractivity contribution in [3.05, 3.63) is 41.5 Å². The molecule has 1 unspecified atom stereocenters. The van der Waals surface area contributed by atoms with Crippen LogP contribution < -0.4 is 5.32 Å². The second-order valence-corrected chi connectivity index (χ2v) is 5.14. The molecular weight excluding hydrogens is 296 g/mol. The summed E-state index contributed by atoms with van der Waals surface area (Å²) < 4.78 is 7.26. The van der Waals surface area contributed by atoms with Crippen molar-refractivity contribution in [3.8, 4) is 0 Å². The largest absolute Gasteiger partial charge is 0.449 e. The van der Waals surface area contributed by atoms with Gasteiger partial charge in [0.15, 0.2) is 6.10 Å². The van der Waals surface area contributed by atoms with Crippen molar-refractivity contribution < 1.29 is 14.3 Å². The van der Waals surface area contributed by atoms with E-state index >= 15 is 0 Å². The number of aromatic nitrogens is 3. The summed E-state index contributed by atoms with van der Waals surface area (Å²) >= 11 is 0. The fourth-order valence-electron chi connectivity index (χ4n) is 2.35. The second-order valence-electron chi connectivity index (χ2n) is 5.14. The molecule has 0 aliphatic heterocycles. The van der Waals surface area contributed by atoms with Crippen molar-refractivity contribution in [3.63, 3.8) is 0 Å². The molecule has 2 rings (SSSR count). The van der Waals surface area contributed by atoms with Crippen molar-refractivity contribution >= 4 is 17.8 Å². The van der Waals surface area contributed by atoms with Crippen molar-refractivity contribution in [1.29, 1.82) is 0 Å². The molecule has 0 spiro atoms. The summed E-state index contributed by atoms with van der Waals surface area (Å²) in [6, 6.07) is 3.41. The minimum Gasteiger partial charge on any atom is -0.449 e. The van der Waals surface area contributed by atoms with E-state index in [9.17, 15) is 9.59 Å². The molecular formula is C16H20N4O3. The fraction of sp³-hybridized carbons (Fsp3) is 0.375. The molecule has 2 heterocycles. The zero-order valence-corrected chi connectivity index (χ0v) is 13.7. The van der Waals surface area contributed by atoms with E-state index in [0.29, 0.717) is 5.56 Å². The van der Waals surface area contributed by atoms with E-state index in [0.717, 1.165) is 17.9 Å². The predicted molar refractivity (Wildman–Crippen MR) is 85.1 cm³/mol. The van der Waals surface area contributed by atoms with Gasteiger partial charge in [0.25, 0.3) is 5.91 Å². The van der Waals surface area contributed by atoms with Crippen LogP contribution in [0.3, 0.4) is 0 Å². The first-order valence-corrected chi connectivity index (χ1v) is 7.39. The molecule has 1 atom stereocenters. The van der Waals surface area contributed by atoms with Gasteiger partial charge in [-0.25, -0.2) is 14.8 Å². The monoisotopic (exact) mass is 316 g/mol. The molecule has 0 saturated heterocycles. The van der Waals surface area contributed by atoms with Crippen LogP contribution in [0, 0.1) is 13.8 Å². The van der Waals surface area contributed by atoms with Gasteiger partial charge in [-0.05, 0) is 39.8 Å². The van der Waals surface area contributed by atoms with Gasteiger partial charge >= 0.3 is 5.97 Å². The van der Waals surface area contributed by atoms with Crippen molar-refractivity contribution in [2.24, 2.45) is 0 Å². The summed E-state index contributed by atoms with van der Waals surface area (Å²) in [4.78, 5) is 32.1. The third-order valence-corrected chi connectivity index (χ3v) is 3.56. The number of carbonyl (C=O) groups is 2. The van der Waals surface area contributed by atoms with Gasteiger partial charge in [-0.3, -0.25) is 10.1 Å². The molecule has 2 aromatic rings. The van der Waals surface area contributed by atoms with Gasteiger partial charge < -0.3 is 9.30 Å². The lowest BCUT2D eigenvalue weighted by Gasteiger charge is -2.13. The number of rotatable bonds is 5. The van der Waals surface area contributed by atoms with E-state index in [1.54, 1.807) is 12.1 Å². The number of anilines is 1. The van der Waals surface area contributed by atoms with Crippen molar-refractivity contribution in [2.75, 3.05) is 5.32 Å². The molecule has 122 valence electrons. The Morgan fingerprint density at radius 2 is 1.96 bits per heavy atom. The van der Waals surface area contributed by atoms with Crippen LogP contribution in [0.1, 0.15) is 35.6 Å². The molecule has 7 nitrogen and oxygen atoms in total. The van der Waals surface area contributed by atoms with Gasteiger partial charge in [-0.15, -0.1) is 0 Å². The number of nitrogens with zero attached hydrogens (tertiary/aromatic N) is 3. The Morgan fingerprint density at radius 3 is 2.52 bits per heavy atom. The van der Waals surface area contributed by atoms with Crippen molar-refractivity contribution in [1.82, 2.24) is 14.5 Å². The summed E-state index contributed by atoms with van der Waals surface area (Å²) in [7, 11) is 0. The van der Waals surface area contributed by atoms with Crippen LogP contribution >= 0.6 is 0 Å². The topological polar surface area (TPSA) is 86.1 Å². The third-order valence-electron chi connectivity index (χ3n) is 3.56. The van der Waals surface area contributed by atoms with Gasteiger partial charge in [-0.1, -0.05) is 0 Å². The minimum absolute atomic E-state index is 0.171. The second kappa shape index (κ2) is 7.04. The first-order chi connectivity index (χ1) is 10.9. The molecule has 0 radical (unpaired) electrons. The van der Waals surface area contributed by atoms with Gasteiger partial charge in [0.2, 0.25) is 5.95 Å². The summed E-state index contributed by atoms with van der Waals surface area (Å²) in [5.74, 6) is -0.826. The van der Waals surface area contributed by atoms with Crippen LogP contribution in [0.15, 0.2) is 24.5 Å². The van der Waals surface area contributed by atoms with Gasteiger partial charge in [0, 0.05) is 30.3 Å². The summed E-state index contributed by atoms with van der Waals surface area (Å²) in [6.45, 7) is 8.07. The Morgan fingerprint density at radius 1 is 1.30 bits per heavy atom. The average molecular weight is 316 g/mol. The first kappa shape index (κ1) is 16.7. The zero-order valence-electron chi connectivity index (χ0n) is 13.7. The van der Waals surface area contributed by atoms with E-state index in [4.69, 9.17) is 4.74 Å². The molecule has 2 aromatic heterocycles. The predicted octanol–water partition coefficient (Wildman–Crippen LogP) is 2.10. The summed E-state index contributed by atoms with van der Waals surface area (Å²) in [5.41, 5.74) is 2.28. The SMILES string of the molecule is CCn1c(C)cc(C(=O)OC(C)C(=O)Nc2ncccn2)c1C. The van der Waals surface area contributed by atoms with Gasteiger partial charge in [0.1, 0.15) is 0 Å². The van der Waals surface area contributed by atoms with E-state index < -0.39 is 18.0 Å². The number of amides is 1. The number of nitrogens with one attached hydrogen (secondary N) is 1. The summed E-state index contributed by atoms with van der Waals surface area (Å²) in [5, 5.41) is 2.50. The lowest BCUT2D eigenvalue weighted by molar-refractivity contribution is -0.123. The maximum atomic E-state index is 12.3. The highest BCUT2D eigenvalue weighted by Gasteiger charge is 2.22. The highest BCUT2D eigenvalue weighted by molar-refractivity contribution is 5.97. The zero-order chi connectivity index (χ0) is 17.0. The quantitative estimate of drug-likeness (QED) is 0.854. The van der Waals surface area contributed by atoms with Gasteiger partial charge in [-0.2, -0.15) is 0 Å². The van der Waals surface area contributed by atoms with Crippen molar-refractivity contribution in [2.45, 2.75) is 40.3 Å². The molecule has 1 N–H and O–H groups in total. The molecule has 23 heavy (non-hydrogen) atoms. The Kier molecular flexibility index (Phi) is 5.10. The maximum Gasteiger partial charge on any atom is 0.340 e. The fourth-order valence-corrected chi connectivity index (χ4v) is 2.35.